The lowest BCUT2D eigenvalue weighted by atomic mass is 9.98. The smallest absolute Gasteiger partial charge is 0.146 e. The molecule has 0 saturated heterocycles. The molecule has 0 spiro atoms. The van der Waals surface area contributed by atoms with E-state index in [0.29, 0.717) is 9.97 Å². The van der Waals surface area contributed by atoms with Crippen molar-refractivity contribution in [3.63, 3.8) is 0 Å². The highest BCUT2D eigenvalue weighted by molar-refractivity contribution is 14.1. The molecular weight excluding hydrogens is 355 g/mol. The van der Waals surface area contributed by atoms with Crippen molar-refractivity contribution in [1.82, 2.24) is 4.90 Å². The second-order valence-corrected chi connectivity index (χ2v) is 7.27. The van der Waals surface area contributed by atoms with Gasteiger partial charge in [-0.15, -0.1) is 0 Å². The predicted octanol–water partition coefficient (Wildman–Crippen LogP) is 4.45. The summed E-state index contributed by atoms with van der Waals surface area (Å²) in [5.74, 6) is 0. The van der Waals surface area contributed by atoms with Crippen LogP contribution in [0.4, 0.5) is 0 Å². The first-order chi connectivity index (χ1) is 8.63. The van der Waals surface area contributed by atoms with Gasteiger partial charge in [0, 0.05) is 21.9 Å². The molecule has 2 unspecified atom stereocenters. The average Bonchev–Trinajstić information content (AvgIpc) is 2.84. The van der Waals surface area contributed by atoms with E-state index < -0.39 is 0 Å². The van der Waals surface area contributed by atoms with Crippen molar-refractivity contribution >= 4 is 40.9 Å². The van der Waals surface area contributed by atoms with Gasteiger partial charge in [-0.05, 0) is 25.8 Å². The lowest BCUT2D eigenvalue weighted by molar-refractivity contribution is 0.242. The maximum Gasteiger partial charge on any atom is 0.146 e. The largest absolute Gasteiger partial charge is 0.338 e. The van der Waals surface area contributed by atoms with Crippen molar-refractivity contribution in [2.75, 3.05) is 0 Å². The molecular formula is C14H19IN2S. The van der Waals surface area contributed by atoms with Crippen molar-refractivity contribution < 1.29 is 0 Å². The second-order valence-electron chi connectivity index (χ2n) is 4.75. The quantitative estimate of drug-likeness (QED) is 0.440. The van der Waals surface area contributed by atoms with Gasteiger partial charge in [-0.25, -0.2) is 4.40 Å². The minimum absolute atomic E-state index is 0.0509. The molecule has 0 aromatic heterocycles. The fourth-order valence-electron chi connectivity index (χ4n) is 2.36. The minimum Gasteiger partial charge on any atom is -0.338 e. The summed E-state index contributed by atoms with van der Waals surface area (Å²) in [5, 5.41) is 0. The zero-order valence-corrected chi connectivity index (χ0v) is 14.0. The van der Waals surface area contributed by atoms with Gasteiger partial charge in [0.15, 0.2) is 0 Å². The van der Waals surface area contributed by atoms with E-state index in [1.54, 1.807) is 11.9 Å². The van der Waals surface area contributed by atoms with Crippen LogP contribution in [0.3, 0.4) is 0 Å². The molecule has 0 bridgehead atoms. The Morgan fingerprint density at radius 1 is 1.33 bits per heavy atom. The molecule has 1 aromatic rings. The predicted molar refractivity (Wildman–Crippen MR) is 89.3 cm³/mol. The van der Waals surface area contributed by atoms with Crippen molar-refractivity contribution in [2.45, 2.75) is 42.0 Å². The molecule has 0 amide bonds. The highest BCUT2D eigenvalue weighted by atomic mass is 127. The van der Waals surface area contributed by atoms with E-state index in [0.717, 1.165) is 6.42 Å². The second kappa shape index (κ2) is 5.82. The monoisotopic (exact) mass is 374 g/mol. The summed E-state index contributed by atoms with van der Waals surface area (Å²) in [7, 11) is 0. The molecule has 0 N–H and O–H groups in total. The van der Waals surface area contributed by atoms with E-state index in [4.69, 9.17) is 0 Å². The molecule has 2 atom stereocenters. The number of nitrogens with zero attached hydrogens (tertiary/aromatic N) is 2. The third-order valence-electron chi connectivity index (χ3n) is 3.27. The number of halogens is 1. The molecule has 1 aliphatic heterocycles. The number of benzene rings is 1. The molecule has 0 radical (unpaired) electrons. The van der Waals surface area contributed by atoms with Crippen molar-refractivity contribution in [3.05, 3.63) is 35.9 Å². The first kappa shape index (κ1) is 14.2. The molecule has 4 heteroatoms. The Morgan fingerprint density at radius 3 is 2.56 bits per heavy atom. The van der Waals surface area contributed by atoms with Crippen LogP contribution in [0.2, 0.25) is 0 Å². The van der Waals surface area contributed by atoms with Gasteiger partial charge in [0.1, 0.15) is 11.2 Å². The Kier molecular flexibility index (Phi) is 4.59. The lowest BCUT2D eigenvalue weighted by Crippen LogP contribution is -2.49. The van der Waals surface area contributed by atoms with Crippen LogP contribution in [-0.4, -0.2) is 21.2 Å². The Bertz CT molecular complexity index is 421. The minimum atomic E-state index is -0.0509. The molecule has 1 aliphatic rings. The van der Waals surface area contributed by atoms with Crippen LogP contribution in [0.5, 0.6) is 0 Å². The third kappa shape index (κ3) is 2.29. The van der Waals surface area contributed by atoms with Gasteiger partial charge in [0.05, 0.1) is 0 Å². The molecule has 1 aromatic carbocycles. The van der Waals surface area contributed by atoms with Crippen LogP contribution >= 0.6 is 34.5 Å². The summed E-state index contributed by atoms with van der Waals surface area (Å²) in [5.41, 5.74) is 1.35. The standard InChI is InChI=1S/C14H19IN2S/c1-4-13(15)14(12-8-6-5-7-9-12)17(11(2)3)10-16-18-14/h5-11,13H,4H2,1-3H3. The highest BCUT2D eigenvalue weighted by Gasteiger charge is 2.47. The first-order valence-electron chi connectivity index (χ1n) is 6.32. The number of alkyl halides is 1. The molecule has 98 valence electrons. The number of hydrogen-bond donors (Lipinski definition) is 0. The van der Waals surface area contributed by atoms with Crippen LogP contribution in [0, 0.1) is 0 Å². The Morgan fingerprint density at radius 2 is 2.00 bits per heavy atom. The summed E-state index contributed by atoms with van der Waals surface area (Å²) >= 11 is 4.27. The summed E-state index contributed by atoms with van der Waals surface area (Å²) in [6.07, 6.45) is 3.14. The van der Waals surface area contributed by atoms with Gasteiger partial charge >= 0.3 is 0 Å². The fourth-order valence-corrected chi connectivity index (χ4v) is 4.57. The van der Waals surface area contributed by atoms with E-state index in [-0.39, 0.29) is 4.87 Å². The molecule has 0 aliphatic carbocycles. The van der Waals surface area contributed by atoms with Crippen LogP contribution in [0.15, 0.2) is 34.7 Å². The van der Waals surface area contributed by atoms with Crippen LogP contribution in [0.1, 0.15) is 32.8 Å². The maximum atomic E-state index is 4.50. The number of rotatable bonds is 4. The number of hydrogen-bond acceptors (Lipinski definition) is 3. The fraction of sp³-hybridized carbons (Fsp3) is 0.500. The summed E-state index contributed by atoms with van der Waals surface area (Å²) in [4.78, 5) is 2.35. The lowest BCUT2D eigenvalue weighted by Gasteiger charge is -2.43. The van der Waals surface area contributed by atoms with Gasteiger partial charge in [-0.2, -0.15) is 0 Å². The van der Waals surface area contributed by atoms with Gasteiger partial charge in [-0.1, -0.05) is 59.8 Å². The highest BCUT2D eigenvalue weighted by Crippen LogP contribution is 2.50. The summed E-state index contributed by atoms with van der Waals surface area (Å²) < 4.78 is 5.02. The Labute approximate surface area is 128 Å². The van der Waals surface area contributed by atoms with Gasteiger partial charge in [0.25, 0.3) is 0 Å². The normalized spacial score (nSPS) is 24.8. The van der Waals surface area contributed by atoms with Gasteiger partial charge in [-0.3, -0.25) is 0 Å². The van der Waals surface area contributed by atoms with Gasteiger partial charge in [0.2, 0.25) is 0 Å². The molecule has 0 saturated carbocycles. The van der Waals surface area contributed by atoms with E-state index in [1.165, 1.54) is 5.56 Å². The zero-order valence-electron chi connectivity index (χ0n) is 11.0. The summed E-state index contributed by atoms with van der Waals surface area (Å²) in [6.45, 7) is 6.71. The zero-order chi connectivity index (χ0) is 13.2. The summed E-state index contributed by atoms with van der Waals surface area (Å²) in [6, 6.07) is 11.2. The van der Waals surface area contributed by atoms with Crippen LogP contribution in [0.25, 0.3) is 0 Å². The SMILES string of the molecule is CCC(I)C1(c2ccccc2)SN=CN1C(C)C. The van der Waals surface area contributed by atoms with Crippen molar-refractivity contribution in [2.24, 2.45) is 4.40 Å². The maximum absolute atomic E-state index is 4.50. The molecule has 2 rings (SSSR count). The van der Waals surface area contributed by atoms with Crippen LogP contribution in [-0.2, 0) is 4.87 Å². The topological polar surface area (TPSA) is 15.6 Å². The average molecular weight is 374 g/mol. The third-order valence-corrected chi connectivity index (χ3v) is 6.69. The van der Waals surface area contributed by atoms with E-state index in [2.05, 4.69) is 83.0 Å². The molecule has 0 fully saturated rings. The molecule has 2 nitrogen and oxygen atoms in total. The van der Waals surface area contributed by atoms with E-state index in [1.807, 2.05) is 6.34 Å². The first-order valence-corrected chi connectivity index (χ1v) is 8.34. The van der Waals surface area contributed by atoms with E-state index in [9.17, 15) is 0 Å². The Hall–Kier alpha value is -0.230. The van der Waals surface area contributed by atoms with Crippen LogP contribution < -0.4 is 0 Å². The Balaban J connectivity index is 2.48. The van der Waals surface area contributed by atoms with Crippen molar-refractivity contribution in [1.29, 1.82) is 0 Å². The molecule has 1 heterocycles. The van der Waals surface area contributed by atoms with Gasteiger partial charge < -0.3 is 4.90 Å². The van der Waals surface area contributed by atoms with E-state index >= 15 is 0 Å². The molecule has 18 heavy (non-hydrogen) atoms. The van der Waals surface area contributed by atoms with Crippen molar-refractivity contribution in [3.8, 4) is 0 Å².